The third-order valence-corrected chi connectivity index (χ3v) is 2.25. The van der Waals surface area contributed by atoms with Gasteiger partial charge < -0.3 is 5.11 Å². The summed E-state index contributed by atoms with van der Waals surface area (Å²) in [6.45, 7) is 0. The predicted octanol–water partition coefficient (Wildman–Crippen LogP) is 2.81. The SMILES string of the molecule is O=Cc1ccc(C(F)(C(O)(F)F)C(F)(F)F)cc1. The third-order valence-electron chi connectivity index (χ3n) is 2.25. The zero-order valence-electron chi connectivity index (χ0n) is 8.51. The molecular weight excluding hydrogens is 266 g/mol. The Morgan fingerprint density at radius 1 is 0.944 bits per heavy atom. The molecule has 0 aliphatic carbocycles. The summed E-state index contributed by atoms with van der Waals surface area (Å²) in [5.74, 6) is 0. The highest BCUT2D eigenvalue weighted by atomic mass is 19.4. The Balaban J connectivity index is 3.40. The van der Waals surface area contributed by atoms with Crippen molar-refractivity contribution in [3.63, 3.8) is 0 Å². The van der Waals surface area contributed by atoms with Gasteiger partial charge in [-0.15, -0.1) is 0 Å². The summed E-state index contributed by atoms with van der Waals surface area (Å²) in [5, 5.41) is 8.15. The quantitative estimate of drug-likeness (QED) is 0.678. The normalized spacial score (nSPS) is 16.2. The summed E-state index contributed by atoms with van der Waals surface area (Å²) in [7, 11) is 0. The minimum atomic E-state index is -6.02. The Labute approximate surface area is 96.8 Å². The van der Waals surface area contributed by atoms with Crippen LogP contribution in [0.1, 0.15) is 15.9 Å². The van der Waals surface area contributed by atoms with E-state index in [0.29, 0.717) is 12.1 Å². The molecule has 1 N–H and O–H groups in total. The fourth-order valence-electron chi connectivity index (χ4n) is 1.30. The molecule has 0 amide bonds. The van der Waals surface area contributed by atoms with Crippen LogP contribution in [0, 0.1) is 0 Å². The summed E-state index contributed by atoms with van der Waals surface area (Å²) in [6, 6.07) is 2.19. The second kappa shape index (κ2) is 4.27. The van der Waals surface area contributed by atoms with E-state index in [4.69, 9.17) is 5.11 Å². The summed E-state index contributed by atoms with van der Waals surface area (Å²) < 4.78 is 75.8. The van der Waals surface area contributed by atoms with E-state index in [1.165, 1.54) is 0 Å². The van der Waals surface area contributed by atoms with Crippen LogP contribution in [-0.2, 0) is 5.67 Å². The maximum atomic E-state index is 13.6. The van der Waals surface area contributed by atoms with Gasteiger partial charge in [0.1, 0.15) is 6.29 Å². The van der Waals surface area contributed by atoms with E-state index in [2.05, 4.69) is 0 Å². The molecule has 0 bridgehead atoms. The van der Waals surface area contributed by atoms with E-state index in [1.54, 1.807) is 0 Å². The number of aldehydes is 1. The van der Waals surface area contributed by atoms with E-state index in [0.717, 1.165) is 12.1 Å². The van der Waals surface area contributed by atoms with Crippen LogP contribution in [0.4, 0.5) is 26.3 Å². The topological polar surface area (TPSA) is 37.3 Å². The van der Waals surface area contributed by atoms with Crippen LogP contribution >= 0.6 is 0 Å². The first-order valence-electron chi connectivity index (χ1n) is 4.45. The average molecular weight is 272 g/mol. The fraction of sp³-hybridized carbons (Fsp3) is 0.300. The lowest BCUT2D eigenvalue weighted by Crippen LogP contribution is -2.52. The Morgan fingerprint density at radius 3 is 1.67 bits per heavy atom. The van der Waals surface area contributed by atoms with Crippen LogP contribution in [-0.4, -0.2) is 23.7 Å². The van der Waals surface area contributed by atoms with E-state index in [9.17, 15) is 31.1 Å². The Hall–Kier alpha value is -1.57. The molecule has 0 radical (unpaired) electrons. The highest BCUT2D eigenvalue weighted by Gasteiger charge is 2.72. The molecule has 1 aromatic rings. The van der Waals surface area contributed by atoms with Gasteiger partial charge in [-0.05, 0) is 0 Å². The number of carbonyl (C=O) groups is 1. The van der Waals surface area contributed by atoms with Crippen molar-refractivity contribution in [2.45, 2.75) is 18.0 Å². The van der Waals surface area contributed by atoms with Crippen molar-refractivity contribution < 1.29 is 36.2 Å². The summed E-state index contributed by atoms with van der Waals surface area (Å²) in [6.07, 6.45) is -11.4. The van der Waals surface area contributed by atoms with E-state index >= 15 is 0 Å². The van der Waals surface area contributed by atoms with Gasteiger partial charge in [0.15, 0.2) is 0 Å². The van der Waals surface area contributed by atoms with Gasteiger partial charge in [-0.1, -0.05) is 24.3 Å². The van der Waals surface area contributed by atoms with Gasteiger partial charge in [0.25, 0.3) is 0 Å². The van der Waals surface area contributed by atoms with Gasteiger partial charge in [0.05, 0.1) is 0 Å². The predicted molar refractivity (Wildman–Crippen MR) is 47.8 cm³/mol. The lowest BCUT2D eigenvalue weighted by Gasteiger charge is -2.31. The number of aliphatic hydroxyl groups is 1. The molecule has 0 heterocycles. The molecule has 100 valence electrons. The molecule has 0 fully saturated rings. The third kappa shape index (κ3) is 2.20. The maximum Gasteiger partial charge on any atom is 0.435 e. The number of carbonyl (C=O) groups excluding carboxylic acids is 1. The van der Waals surface area contributed by atoms with Crippen molar-refractivity contribution in [2.75, 3.05) is 0 Å². The zero-order chi connectivity index (χ0) is 14.2. The number of halogens is 6. The van der Waals surface area contributed by atoms with Gasteiger partial charge in [-0.25, -0.2) is 4.39 Å². The van der Waals surface area contributed by atoms with Crippen LogP contribution in [0.3, 0.4) is 0 Å². The highest BCUT2D eigenvalue weighted by Crippen LogP contribution is 2.51. The second-order valence-electron chi connectivity index (χ2n) is 3.44. The molecule has 18 heavy (non-hydrogen) atoms. The van der Waals surface area contributed by atoms with Gasteiger partial charge in [0.2, 0.25) is 0 Å². The first-order chi connectivity index (χ1) is 8.04. The van der Waals surface area contributed by atoms with Gasteiger partial charge in [-0.3, -0.25) is 4.79 Å². The minimum absolute atomic E-state index is 0.121. The van der Waals surface area contributed by atoms with Crippen molar-refractivity contribution in [1.82, 2.24) is 0 Å². The molecule has 1 atom stereocenters. The maximum absolute atomic E-state index is 13.6. The molecule has 0 spiro atoms. The number of benzene rings is 1. The molecule has 0 aromatic heterocycles. The lowest BCUT2D eigenvalue weighted by molar-refractivity contribution is -0.375. The summed E-state index contributed by atoms with van der Waals surface area (Å²) in [4.78, 5) is 10.2. The second-order valence-corrected chi connectivity index (χ2v) is 3.44. The van der Waals surface area contributed by atoms with E-state index in [-0.39, 0.29) is 11.8 Å². The van der Waals surface area contributed by atoms with E-state index < -0.39 is 23.5 Å². The smallest absolute Gasteiger partial charge is 0.333 e. The van der Waals surface area contributed by atoms with Crippen molar-refractivity contribution in [3.05, 3.63) is 35.4 Å². The van der Waals surface area contributed by atoms with Crippen molar-refractivity contribution >= 4 is 6.29 Å². The first-order valence-corrected chi connectivity index (χ1v) is 4.45. The molecule has 1 aromatic carbocycles. The minimum Gasteiger partial charge on any atom is -0.333 e. The Kier molecular flexibility index (Phi) is 3.44. The molecule has 2 nitrogen and oxygen atoms in total. The largest absolute Gasteiger partial charge is 0.435 e. The Bertz CT molecular complexity index is 417. The van der Waals surface area contributed by atoms with E-state index in [1.807, 2.05) is 0 Å². The van der Waals surface area contributed by atoms with Crippen molar-refractivity contribution in [2.24, 2.45) is 0 Å². The Morgan fingerprint density at radius 2 is 1.39 bits per heavy atom. The van der Waals surface area contributed by atoms with Gasteiger partial charge >= 0.3 is 18.0 Å². The van der Waals surface area contributed by atoms with Crippen LogP contribution in [0.15, 0.2) is 24.3 Å². The zero-order valence-corrected chi connectivity index (χ0v) is 8.51. The molecule has 1 rings (SSSR count). The standard InChI is InChI=1S/C10H6F6O2/c11-8(9(12,13)14,10(15,16)18)7-3-1-6(5-17)2-4-7/h1-5,18H. The monoisotopic (exact) mass is 272 g/mol. The van der Waals surface area contributed by atoms with Crippen molar-refractivity contribution in [1.29, 1.82) is 0 Å². The molecule has 0 saturated heterocycles. The van der Waals surface area contributed by atoms with Crippen LogP contribution in [0.2, 0.25) is 0 Å². The first kappa shape index (κ1) is 14.5. The number of rotatable bonds is 3. The average Bonchev–Trinajstić information content (AvgIpc) is 2.25. The molecular formula is C10H6F6O2. The van der Waals surface area contributed by atoms with Crippen LogP contribution in [0.25, 0.3) is 0 Å². The summed E-state index contributed by atoms with van der Waals surface area (Å²) >= 11 is 0. The fourth-order valence-corrected chi connectivity index (χ4v) is 1.30. The molecule has 0 aliphatic heterocycles. The lowest BCUT2D eigenvalue weighted by atomic mass is 9.93. The number of alkyl halides is 6. The number of hydrogen-bond donors (Lipinski definition) is 1. The van der Waals surface area contributed by atoms with Crippen molar-refractivity contribution in [3.8, 4) is 0 Å². The number of hydrogen-bond acceptors (Lipinski definition) is 2. The molecule has 0 aliphatic rings. The van der Waals surface area contributed by atoms with Crippen LogP contribution < -0.4 is 0 Å². The molecule has 0 saturated carbocycles. The molecule has 1 unspecified atom stereocenters. The summed E-state index contributed by atoms with van der Waals surface area (Å²) in [5.41, 5.74) is -6.85. The highest BCUT2D eigenvalue weighted by molar-refractivity contribution is 5.74. The molecule has 8 heteroatoms. The van der Waals surface area contributed by atoms with Gasteiger partial charge in [-0.2, -0.15) is 22.0 Å². The van der Waals surface area contributed by atoms with Gasteiger partial charge in [0, 0.05) is 11.1 Å². The van der Waals surface area contributed by atoms with Crippen LogP contribution in [0.5, 0.6) is 0 Å².